The van der Waals surface area contributed by atoms with Gasteiger partial charge in [0.15, 0.2) is 0 Å². The van der Waals surface area contributed by atoms with Crippen molar-refractivity contribution in [2.45, 2.75) is 13.8 Å². The first kappa shape index (κ1) is 15.2. The van der Waals surface area contributed by atoms with Crippen LogP contribution in [0.25, 0.3) is 0 Å². The predicted octanol–water partition coefficient (Wildman–Crippen LogP) is 0.520. The highest BCUT2D eigenvalue weighted by atomic mass is 16.5. The van der Waals surface area contributed by atoms with E-state index in [2.05, 4.69) is 24.5 Å². The molecular formula is C11H25N3O2. The highest BCUT2D eigenvalue weighted by Gasteiger charge is 2.00. The van der Waals surface area contributed by atoms with Crippen LogP contribution in [0.4, 0.5) is 4.79 Å². The summed E-state index contributed by atoms with van der Waals surface area (Å²) in [5.41, 5.74) is 0. The van der Waals surface area contributed by atoms with E-state index in [4.69, 9.17) is 4.74 Å². The molecule has 0 aliphatic heterocycles. The number of carbonyl (C=O) groups excluding carboxylic acids is 1. The molecule has 0 aromatic heterocycles. The molecule has 0 atom stereocenters. The maximum Gasteiger partial charge on any atom is 0.316 e. The van der Waals surface area contributed by atoms with Crippen LogP contribution in [-0.2, 0) is 4.74 Å². The lowest BCUT2D eigenvalue weighted by Gasteiger charge is -2.12. The largest absolute Gasteiger partial charge is 0.380 e. The average Bonchev–Trinajstić information content (AvgIpc) is 2.21. The third-order valence-electron chi connectivity index (χ3n) is 1.86. The van der Waals surface area contributed by atoms with Crippen LogP contribution in [0, 0.1) is 5.92 Å². The normalized spacial score (nSPS) is 10.6. The fourth-order valence-corrected chi connectivity index (χ4v) is 1.00. The first-order valence-corrected chi connectivity index (χ1v) is 5.77. The molecule has 96 valence electrons. The van der Waals surface area contributed by atoms with Gasteiger partial charge in [-0.15, -0.1) is 0 Å². The summed E-state index contributed by atoms with van der Waals surface area (Å²) in [7, 11) is 3.45. The Morgan fingerprint density at radius 1 is 1.25 bits per heavy atom. The summed E-state index contributed by atoms with van der Waals surface area (Å²) in [5.74, 6) is 0.583. The zero-order chi connectivity index (χ0) is 12.4. The summed E-state index contributed by atoms with van der Waals surface area (Å²) in [5, 5.41) is 5.97. The highest BCUT2D eigenvalue weighted by molar-refractivity contribution is 5.73. The Balaban J connectivity index is 3.13. The summed E-state index contributed by atoms with van der Waals surface area (Å²) in [6, 6.07) is -0.0575. The molecule has 2 N–H and O–H groups in total. The van der Waals surface area contributed by atoms with Gasteiger partial charge >= 0.3 is 6.03 Å². The minimum Gasteiger partial charge on any atom is -0.380 e. The van der Waals surface area contributed by atoms with Gasteiger partial charge in [0.05, 0.1) is 6.61 Å². The van der Waals surface area contributed by atoms with Crippen LogP contribution in [-0.4, -0.2) is 57.9 Å². The van der Waals surface area contributed by atoms with E-state index < -0.39 is 0 Å². The van der Waals surface area contributed by atoms with Crippen molar-refractivity contribution < 1.29 is 9.53 Å². The Labute approximate surface area is 98.5 Å². The van der Waals surface area contributed by atoms with Crippen molar-refractivity contribution in [3.63, 3.8) is 0 Å². The van der Waals surface area contributed by atoms with E-state index >= 15 is 0 Å². The van der Waals surface area contributed by atoms with Crippen molar-refractivity contribution in [3.05, 3.63) is 0 Å². The fraction of sp³-hybridized carbons (Fsp3) is 0.909. The minimum absolute atomic E-state index is 0.0575. The number of hydrogen-bond acceptors (Lipinski definition) is 3. The molecule has 0 radical (unpaired) electrons. The zero-order valence-corrected chi connectivity index (χ0v) is 10.9. The van der Waals surface area contributed by atoms with Gasteiger partial charge in [0.25, 0.3) is 0 Å². The van der Waals surface area contributed by atoms with Crippen LogP contribution in [0.3, 0.4) is 0 Å². The summed E-state index contributed by atoms with van der Waals surface area (Å²) in [6.07, 6.45) is 0. The minimum atomic E-state index is -0.0575. The van der Waals surface area contributed by atoms with Crippen molar-refractivity contribution in [3.8, 4) is 0 Å². The molecule has 5 heteroatoms. The molecule has 0 heterocycles. The standard InChI is InChI=1S/C11H25N3O2/c1-10(2)9-16-8-7-12-5-6-13-11(15)14(3)4/h10,12H,5-9H2,1-4H3,(H,13,15). The Hall–Kier alpha value is -0.810. The number of rotatable bonds is 8. The smallest absolute Gasteiger partial charge is 0.316 e. The molecule has 16 heavy (non-hydrogen) atoms. The maximum atomic E-state index is 11.1. The topological polar surface area (TPSA) is 53.6 Å². The number of carbonyl (C=O) groups is 1. The molecule has 0 bridgehead atoms. The molecule has 0 rings (SSSR count). The predicted molar refractivity (Wildman–Crippen MR) is 65.6 cm³/mol. The molecule has 0 aromatic carbocycles. The van der Waals surface area contributed by atoms with E-state index in [0.717, 1.165) is 26.3 Å². The van der Waals surface area contributed by atoms with Crippen LogP contribution in [0.5, 0.6) is 0 Å². The monoisotopic (exact) mass is 231 g/mol. The van der Waals surface area contributed by atoms with Crippen LogP contribution >= 0.6 is 0 Å². The third kappa shape index (κ3) is 9.73. The number of hydrogen-bond donors (Lipinski definition) is 2. The van der Waals surface area contributed by atoms with E-state index in [9.17, 15) is 4.79 Å². The van der Waals surface area contributed by atoms with Crippen molar-refractivity contribution in [1.29, 1.82) is 0 Å². The van der Waals surface area contributed by atoms with Crippen LogP contribution in [0.2, 0.25) is 0 Å². The molecule has 0 saturated carbocycles. The summed E-state index contributed by atoms with van der Waals surface area (Å²) in [6.45, 7) is 8.02. The van der Waals surface area contributed by atoms with Gasteiger partial charge in [0.1, 0.15) is 0 Å². The zero-order valence-electron chi connectivity index (χ0n) is 10.9. The molecule has 0 aromatic rings. The molecule has 0 fully saturated rings. The van der Waals surface area contributed by atoms with Crippen LogP contribution < -0.4 is 10.6 Å². The number of ether oxygens (including phenoxy) is 1. The molecule has 0 spiro atoms. The van der Waals surface area contributed by atoms with Gasteiger partial charge in [-0.05, 0) is 5.92 Å². The molecule has 2 amide bonds. The van der Waals surface area contributed by atoms with Gasteiger partial charge in [-0.25, -0.2) is 4.79 Å². The number of nitrogens with one attached hydrogen (secondary N) is 2. The van der Waals surface area contributed by atoms with Gasteiger partial charge in [-0.2, -0.15) is 0 Å². The first-order valence-electron chi connectivity index (χ1n) is 5.77. The Morgan fingerprint density at radius 3 is 2.50 bits per heavy atom. The van der Waals surface area contributed by atoms with Gasteiger partial charge in [0.2, 0.25) is 0 Å². The van der Waals surface area contributed by atoms with Gasteiger partial charge in [-0.1, -0.05) is 13.8 Å². The highest BCUT2D eigenvalue weighted by Crippen LogP contribution is 1.90. The molecule has 5 nitrogen and oxygen atoms in total. The molecule has 0 unspecified atom stereocenters. The van der Waals surface area contributed by atoms with Crippen LogP contribution in [0.1, 0.15) is 13.8 Å². The second-order valence-electron chi connectivity index (χ2n) is 4.35. The lowest BCUT2D eigenvalue weighted by atomic mass is 10.2. The lowest BCUT2D eigenvalue weighted by molar-refractivity contribution is 0.112. The van der Waals surface area contributed by atoms with Gasteiger partial charge in [0, 0.05) is 40.3 Å². The summed E-state index contributed by atoms with van der Waals surface area (Å²) in [4.78, 5) is 12.6. The Bertz CT molecular complexity index is 184. The quantitative estimate of drug-likeness (QED) is 0.599. The van der Waals surface area contributed by atoms with Crippen molar-refractivity contribution in [1.82, 2.24) is 15.5 Å². The van der Waals surface area contributed by atoms with E-state index in [1.165, 1.54) is 4.90 Å². The average molecular weight is 231 g/mol. The lowest BCUT2D eigenvalue weighted by Crippen LogP contribution is -2.38. The molecule has 0 saturated heterocycles. The Kier molecular flexibility index (Phi) is 8.94. The van der Waals surface area contributed by atoms with Crippen LogP contribution in [0.15, 0.2) is 0 Å². The van der Waals surface area contributed by atoms with E-state index in [0.29, 0.717) is 12.5 Å². The van der Waals surface area contributed by atoms with Crippen molar-refractivity contribution in [2.24, 2.45) is 5.92 Å². The van der Waals surface area contributed by atoms with Crippen molar-refractivity contribution in [2.75, 3.05) is 46.9 Å². The maximum absolute atomic E-state index is 11.1. The van der Waals surface area contributed by atoms with E-state index in [1.54, 1.807) is 14.1 Å². The molecule has 0 aliphatic rings. The SMILES string of the molecule is CC(C)COCCNCCNC(=O)N(C)C. The third-order valence-corrected chi connectivity index (χ3v) is 1.86. The number of amides is 2. The summed E-state index contributed by atoms with van der Waals surface area (Å²) < 4.78 is 5.40. The Morgan fingerprint density at radius 2 is 1.94 bits per heavy atom. The first-order chi connectivity index (χ1) is 7.54. The molecular weight excluding hydrogens is 206 g/mol. The molecule has 0 aliphatic carbocycles. The van der Waals surface area contributed by atoms with Gasteiger partial charge in [-0.3, -0.25) is 0 Å². The number of nitrogens with zero attached hydrogens (tertiary/aromatic N) is 1. The van der Waals surface area contributed by atoms with E-state index in [1.807, 2.05) is 0 Å². The summed E-state index contributed by atoms with van der Waals surface area (Å²) >= 11 is 0. The second-order valence-corrected chi connectivity index (χ2v) is 4.35. The van der Waals surface area contributed by atoms with Crippen molar-refractivity contribution >= 4 is 6.03 Å². The van der Waals surface area contributed by atoms with Gasteiger partial charge < -0.3 is 20.3 Å². The fourth-order valence-electron chi connectivity index (χ4n) is 1.00. The van der Waals surface area contributed by atoms with E-state index in [-0.39, 0.29) is 6.03 Å². The second kappa shape index (κ2) is 9.42. The number of urea groups is 1.